The first-order valence-electron chi connectivity index (χ1n) is 6.79. The number of nitrogens with one attached hydrogen (secondary N) is 1. The summed E-state index contributed by atoms with van der Waals surface area (Å²) in [6, 6.07) is 9.92. The molecule has 1 N–H and O–H groups in total. The predicted molar refractivity (Wildman–Crippen MR) is 79.8 cm³/mol. The standard InChI is InChI=1S/C15H19NO4S/c1-3-19-14-8-4-5-9-15(14)21(17,18)16-12(2)11-13-7-6-10-20-13/h4-10,12,16H,3,11H2,1-2H3. The van der Waals surface area contributed by atoms with E-state index < -0.39 is 10.0 Å². The van der Waals surface area contributed by atoms with Gasteiger partial charge in [-0.2, -0.15) is 0 Å². The Bertz CT molecular complexity index is 665. The fraction of sp³-hybridized carbons (Fsp3) is 0.333. The molecule has 2 rings (SSSR count). The molecule has 0 aliphatic rings. The summed E-state index contributed by atoms with van der Waals surface area (Å²) in [7, 11) is -3.63. The number of furan rings is 1. The average Bonchev–Trinajstić information content (AvgIpc) is 2.91. The first kappa shape index (κ1) is 15.6. The minimum absolute atomic E-state index is 0.151. The van der Waals surface area contributed by atoms with Gasteiger partial charge >= 0.3 is 0 Å². The van der Waals surface area contributed by atoms with Crippen LogP contribution in [0.1, 0.15) is 19.6 Å². The van der Waals surface area contributed by atoms with Gasteiger partial charge in [0.2, 0.25) is 10.0 Å². The molecule has 0 amide bonds. The molecule has 1 unspecified atom stereocenters. The Morgan fingerprint density at radius 3 is 2.67 bits per heavy atom. The molecule has 0 aliphatic heterocycles. The van der Waals surface area contributed by atoms with Crippen molar-refractivity contribution in [2.75, 3.05) is 6.61 Å². The number of para-hydroxylation sites is 1. The summed E-state index contributed by atoms with van der Waals surface area (Å²) in [4.78, 5) is 0.151. The van der Waals surface area contributed by atoms with Crippen LogP contribution in [0, 0.1) is 0 Å². The lowest BCUT2D eigenvalue weighted by atomic mass is 10.2. The van der Waals surface area contributed by atoms with Gasteiger partial charge in [-0.15, -0.1) is 0 Å². The SMILES string of the molecule is CCOc1ccccc1S(=O)(=O)NC(C)Cc1ccco1. The summed E-state index contributed by atoms with van der Waals surface area (Å²) in [6.45, 7) is 4.02. The van der Waals surface area contributed by atoms with Gasteiger partial charge < -0.3 is 9.15 Å². The third-order valence-electron chi connectivity index (χ3n) is 2.88. The number of hydrogen-bond acceptors (Lipinski definition) is 4. The van der Waals surface area contributed by atoms with Crippen LogP contribution < -0.4 is 9.46 Å². The van der Waals surface area contributed by atoms with E-state index in [2.05, 4.69) is 4.72 Å². The second kappa shape index (κ2) is 6.78. The lowest BCUT2D eigenvalue weighted by Gasteiger charge is -2.15. The Morgan fingerprint density at radius 1 is 1.24 bits per heavy atom. The number of ether oxygens (including phenoxy) is 1. The van der Waals surface area contributed by atoms with Gasteiger partial charge in [0.15, 0.2) is 0 Å². The molecule has 0 spiro atoms. The Morgan fingerprint density at radius 2 is 2.00 bits per heavy atom. The molecule has 2 aromatic rings. The van der Waals surface area contributed by atoms with Gasteiger partial charge in [-0.05, 0) is 38.1 Å². The largest absolute Gasteiger partial charge is 0.492 e. The van der Waals surface area contributed by atoms with E-state index in [4.69, 9.17) is 9.15 Å². The fourth-order valence-electron chi connectivity index (χ4n) is 2.05. The summed E-state index contributed by atoms with van der Waals surface area (Å²) >= 11 is 0. The second-order valence-electron chi connectivity index (χ2n) is 4.69. The molecule has 5 nitrogen and oxygen atoms in total. The second-order valence-corrected chi connectivity index (χ2v) is 6.37. The lowest BCUT2D eigenvalue weighted by molar-refractivity contribution is 0.331. The number of hydrogen-bond donors (Lipinski definition) is 1. The monoisotopic (exact) mass is 309 g/mol. The highest BCUT2D eigenvalue weighted by atomic mass is 32.2. The van der Waals surface area contributed by atoms with Crippen molar-refractivity contribution in [2.24, 2.45) is 0 Å². The van der Waals surface area contributed by atoms with Crippen LogP contribution >= 0.6 is 0 Å². The maximum absolute atomic E-state index is 12.4. The normalized spacial score (nSPS) is 13.0. The zero-order chi connectivity index (χ0) is 15.3. The molecule has 114 valence electrons. The molecule has 0 fully saturated rings. The maximum Gasteiger partial charge on any atom is 0.244 e. The highest BCUT2D eigenvalue weighted by Crippen LogP contribution is 2.23. The Balaban J connectivity index is 2.14. The van der Waals surface area contributed by atoms with Crippen molar-refractivity contribution in [3.63, 3.8) is 0 Å². The van der Waals surface area contributed by atoms with Gasteiger partial charge in [-0.3, -0.25) is 0 Å². The van der Waals surface area contributed by atoms with Crippen LogP contribution in [0.5, 0.6) is 5.75 Å². The summed E-state index contributed by atoms with van der Waals surface area (Å²) in [5, 5.41) is 0. The zero-order valence-corrected chi connectivity index (χ0v) is 12.9. The van der Waals surface area contributed by atoms with Gasteiger partial charge in [-0.1, -0.05) is 12.1 Å². The summed E-state index contributed by atoms with van der Waals surface area (Å²) in [5.74, 6) is 1.10. The van der Waals surface area contributed by atoms with Crippen LogP contribution in [0.3, 0.4) is 0 Å². The summed E-state index contributed by atoms with van der Waals surface area (Å²) in [5.41, 5.74) is 0. The molecule has 6 heteroatoms. The van der Waals surface area contributed by atoms with Crippen LogP contribution in [0.25, 0.3) is 0 Å². The van der Waals surface area contributed by atoms with E-state index in [1.165, 1.54) is 6.07 Å². The molecule has 0 bridgehead atoms. The van der Waals surface area contributed by atoms with Crippen LogP contribution in [0.4, 0.5) is 0 Å². The van der Waals surface area contributed by atoms with Crippen molar-refractivity contribution < 1.29 is 17.6 Å². The van der Waals surface area contributed by atoms with Gasteiger partial charge in [0, 0.05) is 12.5 Å². The molecule has 1 atom stereocenters. The number of benzene rings is 1. The van der Waals surface area contributed by atoms with E-state index in [1.807, 2.05) is 13.0 Å². The molecule has 1 heterocycles. The highest BCUT2D eigenvalue weighted by Gasteiger charge is 2.22. The van der Waals surface area contributed by atoms with Crippen molar-refractivity contribution in [1.82, 2.24) is 4.72 Å². The lowest BCUT2D eigenvalue weighted by Crippen LogP contribution is -2.34. The molecule has 21 heavy (non-hydrogen) atoms. The summed E-state index contributed by atoms with van der Waals surface area (Å²) in [6.07, 6.45) is 2.06. The van der Waals surface area contributed by atoms with Gasteiger partial charge in [-0.25, -0.2) is 13.1 Å². The molecule has 0 saturated carbocycles. The van der Waals surface area contributed by atoms with E-state index >= 15 is 0 Å². The first-order chi connectivity index (χ1) is 10.0. The van der Waals surface area contributed by atoms with Crippen LogP contribution in [0.15, 0.2) is 52.0 Å². The smallest absolute Gasteiger partial charge is 0.244 e. The quantitative estimate of drug-likeness (QED) is 0.853. The molecule has 1 aromatic carbocycles. The molecule has 0 radical (unpaired) electrons. The molecular weight excluding hydrogens is 290 g/mol. The topological polar surface area (TPSA) is 68.5 Å². The number of sulfonamides is 1. The van der Waals surface area contributed by atoms with Gasteiger partial charge in [0.25, 0.3) is 0 Å². The Labute approximate surface area is 125 Å². The van der Waals surface area contributed by atoms with Crippen LogP contribution in [0.2, 0.25) is 0 Å². The first-order valence-corrected chi connectivity index (χ1v) is 8.27. The molecule has 0 aliphatic carbocycles. The minimum atomic E-state index is -3.63. The van der Waals surface area contributed by atoms with Crippen molar-refractivity contribution in [2.45, 2.75) is 31.2 Å². The van der Waals surface area contributed by atoms with Crippen LogP contribution in [-0.2, 0) is 16.4 Å². The Hall–Kier alpha value is -1.79. The Kier molecular flexibility index (Phi) is 5.03. The van der Waals surface area contributed by atoms with Gasteiger partial charge in [0.05, 0.1) is 12.9 Å². The van der Waals surface area contributed by atoms with E-state index in [0.29, 0.717) is 18.8 Å². The molecular formula is C15H19NO4S. The highest BCUT2D eigenvalue weighted by molar-refractivity contribution is 7.89. The zero-order valence-electron chi connectivity index (χ0n) is 12.1. The summed E-state index contributed by atoms with van der Waals surface area (Å²) < 4.78 is 38.1. The van der Waals surface area contributed by atoms with Crippen LogP contribution in [-0.4, -0.2) is 21.1 Å². The fourth-order valence-corrected chi connectivity index (χ4v) is 3.44. The predicted octanol–water partition coefficient (Wildman–Crippen LogP) is 2.59. The molecule has 1 aromatic heterocycles. The van der Waals surface area contributed by atoms with Crippen molar-refractivity contribution in [3.05, 3.63) is 48.4 Å². The number of rotatable bonds is 7. The van der Waals surface area contributed by atoms with Crippen molar-refractivity contribution in [3.8, 4) is 5.75 Å². The van der Waals surface area contributed by atoms with E-state index in [0.717, 1.165) is 5.76 Å². The van der Waals surface area contributed by atoms with E-state index in [9.17, 15) is 8.42 Å². The van der Waals surface area contributed by atoms with Gasteiger partial charge in [0.1, 0.15) is 16.4 Å². The third-order valence-corrected chi connectivity index (χ3v) is 4.51. The third kappa shape index (κ3) is 4.09. The van der Waals surface area contributed by atoms with Crippen molar-refractivity contribution >= 4 is 10.0 Å². The van der Waals surface area contributed by atoms with E-state index in [1.54, 1.807) is 37.5 Å². The molecule has 0 saturated heterocycles. The van der Waals surface area contributed by atoms with E-state index in [-0.39, 0.29) is 10.9 Å². The minimum Gasteiger partial charge on any atom is -0.492 e. The van der Waals surface area contributed by atoms with Crippen molar-refractivity contribution in [1.29, 1.82) is 0 Å². The maximum atomic E-state index is 12.4. The average molecular weight is 309 g/mol.